The Balaban J connectivity index is 2.39. The maximum Gasteiger partial charge on any atom is 0.317 e. The number of urea groups is 1. The minimum absolute atomic E-state index is 0.0358. The van der Waals surface area contributed by atoms with Gasteiger partial charge in [-0.05, 0) is 25.7 Å². The average Bonchev–Trinajstić information content (AvgIpc) is 2.63. The smallest absolute Gasteiger partial charge is 0.317 e. The third-order valence-electron chi connectivity index (χ3n) is 3.88. The van der Waals surface area contributed by atoms with Crippen molar-refractivity contribution in [2.24, 2.45) is 5.92 Å². The van der Waals surface area contributed by atoms with Gasteiger partial charge in [-0.15, -0.1) is 0 Å². The lowest BCUT2D eigenvalue weighted by Gasteiger charge is -2.29. The molecule has 110 valence electrons. The Labute approximate surface area is 115 Å². The highest BCUT2D eigenvalue weighted by atomic mass is 16.4. The molecule has 0 aromatic carbocycles. The monoisotopic (exact) mass is 270 g/mol. The van der Waals surface area contributed by atoms with E-state index in [-0.39, 0.29) is 6.03 Å². The highest BCUT2D eigenvalue weighted by molar-refractivity contribution is 5.74. The minimum Gasteiger partial charge on any atom is -0.481 e. The van der Waals surface area contributed by atoms with Crippen molar-refractivity contribution < 1.29 is 14.7 Å². The topological polar surface area (TPSA) is 69.6 Å². The van der Waals surface area contributed by atoms with E-state index in [9.17, 15) is 9.59 Å². The summed E-state index contributed by atoms with van der Waals surface area (Å²) in [6.45, 7) is 5.02. The maximum absolute atomic E-state index is 12.1. The van der Waals surface area contributed by atoms with Gasteiger partial charge in [0.2, 0.25) is 0 Å². The summed E-state index contributed by atoms with van der Waals surface area (Å²) < 4.78 is 0. The zero-order valence-electron chi connectivity index (χ0n) is 12.0. The number of rotatable bonds is 5. The van der Waals surface area contributed by atoms with Gasteiger partial charge in [-0.1, -0.05) is 26.7 Å². The molecule has 1 aliphatic rings. The molecule has 5 nitrogen and oxygen atoms in total. The number of carbonyl (C=O) groups is 2. The van der Waals surface area contributed by atoms with Gasteiger partial charge in [-0.25, -0.2) is 4.79 Å². The summed E-state index contributed by atoms with van der Waals surface area (Å²) in [5.74, 6) is -1.22. The summed E-state index contributed by atoms with van der Waals surface area (Å²) in [6.07, 6.45) is 5.99. The van der Waals surface area contributed by atoms with Crippen LogP contribution in [0, 0.1) is 5.92 Å². The molecule has 0 aromatic rings. The lowest BCUT2D eigenvalue weighted by atomic mass is 10.1. The fraction of sp³-hybridized carbons (Fsp3) is 0.857. The first-order valence-electron chi connectivity index (χ1n) is 7.33. The van der Waals surface area contributed by atoms with Crippen LogP contribution in [0.3, 0.4) is 0 Å². The zero-order valence-corrected chi connectivity index (χ0v) is 12.0. The van der Waals surface area contributed by atoms with Crippen molar-refractivity contribution in [3.05, 3.63) is 0 Å². The van der Waals surface area contributed by atoms with Crippen LogP contribution in [-0.2, 0) is 4.79 Å². The van der Waals surface area contributed by atoms with E-state index in [1.807, 2.05) is 4.90 Å². The number of nitrogens with one attached hydrogen (secondary N) is 1. The number of likely N-dealkylation sites (tertiary alicyclic amines) is 1. The average molecular weight is 270 g/mol. The van der Waals surface area contributed by atoms with Crippen molar-refractivity contribution in [1.82, 2.24) is 10.2 Å². The SMILES string of the molecule is CCC1CCCCCN1C(=O)NCCC(C)C(=O)O. The van der Waals surface area contributed by atoms with Crippen LogP contribution in [0.4, 0.5) is 4.79 Å². The predicted octanol–water partition coefficient (Wildman–Crippen LogP) is 2.46. The first-order valence-corrected chi connectivity index (χ1v) is 7.33. The van der Waals surface area contributed by atoms with Crippen molar-refractivity contribution in [2.45, 2.75) is 58.4 Å². The minimum atomic E-state index is -0.810. The van der Waals surface area contributed by atoms with Gasteiger partial charge >= 0.3 is 12.0 Å². The molecule has 2 N–H and O–H groups in total. The molecule has 5 heteroatoms. The van der Waals surface area contributed by atoms with E-state index >= 15 is 0 Å². The Bertz CT molecular complexity index is 307. The van der Waals surface area contributed by atoms with Crippen LogP contribution in [0.25, 0.3) is 0 Å². The van der Waals surface area contributed by atoms with E-state index in [0.717, 1.165) is 25.8 Å². The number of amides is 2. The number of hydrogen-bond acceptors (Lipinski definition) is 2. The summed E-state index contributed by atoms with van der Waals surface area (Å²) >= 11 is 0. The molecule has 0 bridgehead atoms. The van der Waals surface area contributed by atoms with Gasteiger partial charge in [0, 0.05) is 19.1 Å². The van der Waals surface area contributed by atoms with Gasteiger partial charge in [0.25, 0.3) is 0 Å². The van der Waals surface area contributed by atoms with Crippen molar-refractivity contribution in [2.75, 3.05) is 13.1 Å². The number of aliphatic carboxylic acids is 1. The highest BCUT2D eigenvalue weighted by Gasteiger charge is 2.23. The molecule has 1 rings (SSSR count). The van der Waals surface area contributed by atoms with Gasteiger partial charge in [-0.2, -0.15) is 0 Å². The van der Waals surface area contributed by atoms with Crippen molar-refractivity contribution in [1.29, 1.82) is 0 Å². The molecule has 0 aliphatic carbocycles. The second kappa shape index (κ2) is 8.02. The predicted molar refractivity (Wildman–Crippen MR) is 74.1 cm³/mol. The van der Waals surface area contributed by atoms with E-state index in [1.54, 1.807) is 6.92 Å². The molecule has 19 heavy (non-hydrogen) atoms. The molecule has 0 spiro atoms. The summed E-state index contributed by atoms with van der Waals surface area (Å²) in [5, 5.41) is 11.6. The molecule has 0 aromatic heterocycles. The third kappa shape index (κ3) is 5.09. The third-order valence-corrected chi connectivity index (χ3v) is 3.88. The Morgan fingerprint density at radius 2 is 2.11 bits per heavy atom. The number of nitrogens with zero attached hydrogens (tertiary/aromatic N) is 1. The van der Waals surface area contributed by atoms with E-state index in [0.29, 0.717) is 19.0 Å². The standard InChI is InChI=1S/C14H26N2O3/c1-3-12-7-5-4-6-10-16(12)14(19)15-9-8-11(2)13(17)18/h11-12H,3-10H2,1-2H3,(H,15,19)(H,17,18). The van der Waals surface area contributed by atoms with Gasteiger partial charge in [0.1, 0.15) is 0 Å². The summed E-state index contributed by atoms with van der Waals surface area (Å²) in [6, 6.07) is 0.297. The van der Waals surface area contributed by atoms with E-state index in [2.05, 4.69) is 12.2 Å². The Morgan fingerprint density at radius 1 is 1.37 bits per heavy atom. The molecule has 0 radical (unpaired) electrons. The second-order valence-corrected chi connectivity index (χ2v) is 5.36. The summed E-state index contributed by atoms with van der Waals surface area (Å²) in [5.41, 5.74) is 0. The molecule has 2 amide bonds. The van der Waals surface area contributed by atoms with E-state index < -0.39 is 11.9 Å². The van der Waals surface area contributed by atoms with Crippen molar-refractivity contribution in [3.63, 3.8) is 0 Å². The number of carboxylic acids is 1. The first-order chi connectivity index (χ1) is 9.06. The molecule has 1 aliphatic heterocycles. The largest absolute Gasteiger partial charge is 0.481 e. The number of carbonyl (C=O) groups excluding carboxylic acids is 1. The molecular formula is C14H26N2O3. The number of carboxylic acid groups (broad SMARTS) is 1. The van der Waals surface area contributed by atoms with Gasteiger partial charge < -0.3 is 15.3 Å². The van der Waals surface area contributed by atoms with Crippen LogP contribution in [0.1, 0.15) is 52.4 Å². The molecule has 1 fully saturated rings. The summed E-state index contributed by atoms with van der Waals surface area (Å²) in [4.78, 5) is 24.8. The van der Waals surface area contributed by atoms with Crippen LogP contribution in [0.5, 0.6) is 0 Å². The van der Waals surface area contributed by atoms with Crippen LogP contribution in [0.15, 0.2) is 0 Å². The molecule has 2 unspecified atom stereocenters. The maximum atomic E-state index is 12.1. The highest BCUT2D eigenvalue weighted by Crippen LogP contribution is 2.19. The van der Waals surface area contributed by atoms with Crippen LogP contribution in [0.2, 0.25) is 0 Å². The Hall–Kier alpha value is -1.26. The zero-order chi connectivity index (χ0) is 14.3. The lowest BCUT2D eigenvalue weighted by molar-refractivity contribution is -0.141. The molecular weight excluding hydrogens is 244 g/mol. The van der Waals surface area contributed by atoms with Crippen LogP contribution < -0.4 is 5.32 Å². The van der Waals surface area contributed by atoms with Crippen molar-refractivity contribution in [3.8, 4) is 0 Å². The molecule has 2 atom stereocenters. The molecule has 1 heterocycles. The fourth-order valence-electron chi connectivity index (χ4n) is 2.49. The van der Waals surface area contributed by atoms with Crippen LogP contribution >= 0.6 is 0 Å². The number of hydrogen-bond donors (Lipinski definition) is 2. The van der Waals surface area contributed by atoms with Gasteiger partial charge in [0.05, 0.1) is 5.92 Å². The quantitative estimate of drug-likeness (QED) is 0.806. The van der Waals surface area contributed by atoms with E-state index in [4.69, 9.17) is 5.11 Å². The molecule has 0 saturated carbocycles. The second-order valence-electron chi connectivity index (χ2n) is 5.36. The Kier molecular flexibility index (Phi) is 6.67. The fourth-order valence-corrected chi connectivity index (χ4v) is 2.49. The van der Waals surface area contributed by atoms with Crippen LogP contribution in [-0.4, -0.2) is 41.1 Å². The van der Waals surface area contributed by atoms with E-state index in [1.165, 1.54) is 12.8 Å². The van der Waals surface area contributed by atoms with Crippen molar-refractivity contribution >= 4 is 12.0 Å². The molecule has 1 saturated heterocycles. The lowest BCUT2D eigenvalue weighted by Crippen LogP contribution is -2.46. The first kappa shape index (κ1) is 15.8. The van der Waals surface area contributed by atoms with Gasteiger partial charge in [-0.3, -0.25) is 4.79 Å². The van der Waals surface area contributed by atoms with Gasteiger partial charge in [0.15, 0.2) is 0 Å². The Morgan fingerprint density at radius 3 is 2.74 bits per heavy atom. The summed E-state index contributed by atoms with van der Waals surface area (Å²) in [7, 11) is 0. The normalized spacial score (nSPS) is 21.6.